The van der Waals surface area contributed by atoms with Crippen molar-refractivity contribution in [3.63, 3.8) is 0 Å². The molecule has 2 aromatic rings. The van der Waals surface area contributed by atoms with Crippen LogP contribution in [0.2, 0.25) is 0 Å². The average Bonchev–Trinajstić information content (AvgIpc) is 3.20. The molecule has 1 fully saturated rings. The second-order valence-corrected chi connectivity index (χ2v) is 6.03. The zero-order valence-corrected chi connectivity index (χ0v) is 12.1. The van der Waals surface area contributed by atoms with E-state index in [9.17, 15) is 4.79 Å². The molecular weight excluding hydrogens is 272 g/mol. The van der Waals surface area contributed by atoms with E-state index < -0.39 is 0 Å². The molecule has 106 valence electrons. The predicted octanol–water partition coefficient (Wildman–Crippen LogP) is 2.62. The van der Waals surface area contributed by atoms with Crippen molar-refractivity contribution in [2.24, 2.45) is 0 Å². The van der Waals surface area contributed by atoms with Crippen molar-refractivity contribution < 1.29 is 9.21 Å². The number of thiophene rings is 1. The molecule has 5 heteroatoms. The summed E-state index contributed by atoms with van der Waals surface area (Å²) in [4.78, 5) is 15.7. The molecule has 0 bridgehead atoms. The molecular formula is C15H18N2O2S. The lowest BCUT2D eigenvalue weighted by molar-refractivity contribution is -0.134. The summed E-state index contributed by atoms with van der Waals surface area (Å²) < 4.78 is 5.39. The van der Waals surface area contributed by atoms with Crippen LogP contribution in [0.15, 0.2) is 40.3 Å². The summed E-state index contributed by atoms with van der Waals surface area (Å²) in [6.07, 6.45) is 3.65. The van der Waals surface area contributed by atoms with E-state index in [-0.39, 0.29) is 11.9 Å². The van der Waals surface area contributed by atoms with Gasteiger partial charge in [-0.15, -0.1) is 11.3 Å². The summed E-state index contributed by atoms with van der Waals surface area (Å²) in [5, 5.41) is 5.32. The maximum absolute atomic E-state index is 12.6. The van der Waals surface area contributed by atoms with E-state index in [0.717, 1.165) is 25.1 Å². The molecule has 0 spiro atoms. The van der Waals surface area contributed by atoms with Gasteiger partial charge in [0.2, 0.25) is 5.91 Å². The van der Waals surface area contributed by atoms with Crippen LogP contribution < -0.4 is 5.32 Å². The van der Waals surface area contributed by atoms with Crippen LogP contribution in [0.3, 0.4) is 0 Å². The number of carbonyl (C=O) groups excluding carboxylic acids is 1. The van der Waals surface area contributed by atoms with Gasteiger partial charge in [0, 0.05) is 4.88 Å². The van der Waals surface area contributed by atoms with Crippen LogP contribution >= 0.6 is 11.3 Å². The first kappa shape index (κ1) is 13.4. The average molecular weight is 290 g/mol. The minimum absolute atomic E-state index is 0.0371. The number of nitrogens with one attached hydrogen (secondary N) is 1. The maximum atomic E-state index is 12.6. The molecule has 1 amide bonds. The standard InChI is InChI=1S/C15H18N2O2S/c18-15(14-6-1-7-16-14)17(10-12-4-2-8-19-12)11-13-5-3-9-20-13/h2-5,8-9,14,16H,1,6-7,10-11H2/t14-/m0/s1. The number of carbonyl (C=O) groups is 1. The molecule has 1 saturated heterocycles. The highest BCUT2D eigenvalue weighted by Gasteiger charge is 2.27. The van der Waals surface area contributed by atoms with Gasteiger partial charge in [0.05, 0.1) is 25.4 Å². The molecule has 0 aliphatic carbocycles. The molecule has 1 N–H and O–H groups in total. The van der Waals surface area contributed by atoms with Crippen molar-refractivity contribution in [3.05, 3.63) is 46.5 Å². The van der Waals surface area contributed by atoms with Gasteiger partial charge in [-0.3, -0.25) is 4.79 Å². The van der Waals surface area contributed by atoms with Crippen molar-refractivity contribution in [3.8, 4) is 0 Å². The second-order valence-electron chi connectivity index (χ2n) is 5.00. The van der Waals surface area contributed by atoms with Gasteiger partial charge in [-0.1, -0.05) is 6.07 Å². The Hall–Kier alpha value is -1.59. The fourth-order valence-electron chi connectivity index (χ4n) is 2.51. The van der Waals surface area contributed by atoms with Gasteiger partial charge in [-0.05, 0) is 43.0 Å². The van der Waals surface area contributed by atoms with Gasteiger partial charge in [0.1, 0.15) is 5.76 Å². The Balaban J connectivity index is 1.73. The topological polar surface area (TPSA) is 45.5 Å². The number of nitrogens with zero attached hydrogens (tertiary/aromatic N) is 1. The number of furan rings is 1. The third kappa shape index (κ3) is 3.11. The Morgan fingerprint density at radius 1 is 1.40 bits per heavy atom. The Labute approximate surface area is 122 Å². The monoisotopic (exact) mass is 290 g/mol. The van der Waals surface area contributed by atoms with Crippen LogP contribution in [-0.4, -0.2) is 23.4 Å². The highest BCUT2D eigenvalue weighted by molar-refractivity contribution is 7.09. The highest BCUT2D eigenvalue weighted by atomic mass is 32.1. The van der Waals surface area contributed by atoms with E-state index in [2.05, 4.69) is 11.4 Å². The Morgan fingerprint density at radius 2 is 2.35 bits per heavy atom. The Morgan fingerprint density at radius 3 is 3.00 bits per heavy atom. The van der Waals surface area contributed by atoms with E-state index in [0.29, 0.717) is 13.1 Å². The predicted molar refractivity (Wildman–Crippen MR) is 78.3 cm³/mol. The van der Waals surface area contributed by atoms with E-state index >= 15 is 0 Å². The van der Waals surface area contributed by atoms with Crippen LogP contribution in [-0.2, 0) is 17.9 Å². The van der Waals surface area contributed by atoms with Gasteiger partial charge in [-0.2, -0.15) is 0 Å². The van der Waals surface area contributed by atoms with E-state index in [1.54, 1.807) is 17.6 Å². The molecule has 0 saturated carbocycles. The van der Waals surface area contributed by atoms with Crippen molar-refractivity contribution in [1.29, 1.82) is 0 Å². The fraction of sp³-hybridized carbons (Fsp3) is 0.400. The zero-order chi connectivity index (χ0) is 13.8. The van der Waals surface area contributed by atoms with Gasteiger partial charge in [0.15, 0.2) is 0 Å². The van der Waals surface area contributed by atoms with Crippen LogP contribution in [0.1, 0.15) is 23.5 Å². The zero-order valence-electron chi connectivity index (χ0n) is 11.2. The van der Waals surface area contributed by atoms with Gasteiger partial charge in [-0.25, -0.2) is 0 Å². The van der Waals surface area contributed by atoms with Crippen molar-refractivity contribution in [1.82, 2.24) is 10.2 Å². The molecule has 0 radical (unpaired) electrons. The van der Waals surface area contributed by atoms with Crippen LogP contribution in [0.4, 0.5) is 0 Å². The summed E-state index contributed by atoms with van der Waals surface area (Å²) in [5.41, 5.74) is 0. The summed E-state index contributed by atoms with van der Waals surface area (Å²) in [6.45, 7) is 2.11. The lowest BCUT2D eigenvalue weighted by atomic mass is 10.2. The molecule has 0 aromatic carbocycles. The maximum Gasteiger partial charge on any atom is 0.240 e. The summed E-state index contributed by atoms with van der Waals surface area (Å²) in [5.74, 6) is 1.00. The first-order valence-corrected chi connectivity index (χ1v) is 7.78. The largest absolute Gasteiger partial charge is 0.467 e. The second kappa shape index (κ2) is 6.24. The van der Waals surface area contributed by atoms with Crippen molar-refractivity contribution in [2.45, 2.75) is 32.0 Å². The van der Waals surface area contributed by atoms with E-state index in [1.807, 2.05) is 28.5 Å². The highest BCUT2D eigenvalue weighted by Crippen LogP contribution is 2.18. The van der Waals surface area contributed by atoms with Gasteiger partial charge < -0.3 is 14.6 Å². The van der Waals surface area contributed by atoms with E-state index in [1.165, 1.54) is 4.88 Å². The molecule has 2 aromatic heterocycles. The van der Waals surface area contributed by atoms with Crippen molar-refractivity contribution >= 4 is 17.2 Å². The molecule has 3 heterocycles. The van der Waals surface area contributed by atoms with Crippen LogP contribution in [0.5, 0.6) is 0 Å². The molecule has 1 aliphatic rings. The summed E-state index contributed by atoms with van der Waals surface area (Å²) in [6, 6.07) is 7.82. The van der Waals surface area contributed by atoms with E-state index in [4.69, 9.17) is 4.42 Å². The SMILES string of the molecule is O=C([C@@H]1CCCN1)N(Cc1ccco1)Cc1cccs1. The smallest absolute Gasteiger partial charge is 0.240 e. The fourth-order valence-corrected chi connectivity index (χ4v) is 3.23. The number of hydrogen-bond donors (Lipinski definition) is 1. The molecule has 3 rings (SSSR count). The number of hydrogen-bond acceptors (Lipinski definition) is 4. The minimum Gasteiger partial charge on any atom is -0.467 e. The number of rotatable bonds is 5. The molecule has 1 aliphatic heterocycles. The molecule has 0 unspecified atom stereocenters. The Kier molecular flexibility index (Phi) is 4.18. The minimum atomic E-state index is -0.0371. The lowest BCUT2D eigenvalue weighted by Crippen LogP contribution is -2.42. The first-order valence-electron chi connectivity index (χ1n) is 6.90. The van der Waals surface area contributed by atoms with Gasteiger partial charge in [0.25, 0.3) is 0 Å². The molecule has 4 nitrogen and oxygen atoms in total. The van der Waals surface area contributed by atoms with Gasteiger partial charge >= 0.3 is 0 Å². The normalized spacial score (nSPS) is 18.3. The number of amides is 1. The first-order chi connectivity index (χ1) is 9.83. The molecule has 1 atom stereocenters. The Bertz CT molecular complexity index is 494. The lowest BCUT2D eigenvalue weighted by Gasteiger charge is -2.24. The van der Waals surface area contributed by atoms with Crippen molar-refractivity contribution in [2.75, 3.05) is 6.54 Å². The summed E-state index contributed by atoms with van der Waals surface area (Å²) >= 11 is 1.68. The van der Waals surface area contributed by atoms with Crippen LogP contribution in [0, 0.1) is 0 Å². The molecule has 20 heavy (non-hydrogen) atoms. The van der Waals surface area contributed by atoms with Crippen LogP contribution in [0.25, 0.3) is 0 Å². The third-order valence-corrected chi connectivity index (χ3v) is 4.38. The third-order valence-electron chi connectivity index (χ3n) is 3.52. The quantitative estimate of drug-likeness (QED) is 0.920. The summed E-state index contributed by atoms with van der Waals surface area (Å²) in [7, 11) is 0.